The lowest BCUT2D eigenvalue weighted by atomic mass is 9.81. The summed E-state index contributed by atoms with van der Waals surface area (Å²) in [7, 11) is 3.45. The van der Waals surface area contributed by atoms with Crippen molar-refractivity contribution in [2.45, 2.75) is 58.4 Å². The van der Waals surface area contributed by atoms with Gasteiger partial charge >= 0.3 is 0 Å². The molecule has 2 heterocycles. The number of rotatable bonds is 7. The Morgan fingerprint density at radius 1 is 1.26 bits per heavy atom. The van der Waals surface area contributed by atoms with Crippen LogP contribution in [-0.2, 0) is 16.6 Å². The molecule has 0 bridgehead atoms. The number of carbonyl (C=O) groups excluding carboxylic acids is 2. The van der Waals surface area contributed by atoms with Gasteiger partial charge in [0.05, 0.1) is 13.2 Å². The maximum absolute atomic E-state index is 12.9. The summed E-state index contributed by atoms with van der Waals surface area (Å²) in [5.74, 6) is 1.77. The molecule has 0 spiro atoms. The summed E-state index contributed by atoms with van der Waals surface area (Å²) in [6.07, 6.45) is 2.38. The first-order valence-corrected chi connectivity index (χ1v) is 10.9. The van der Waals surface area contributed by atoms with Crippen LogP contribution in [0, 0.1) is 0 Å². The van der Waals surface area contributed by atoms with Gasteiger partial charge in [-0.05, 0) is 42.0 Å². The summed E-state index contributed by atoms with van der Waals surface area (Å²) in [5, 5.41) is 0. The quantitative estimate of drug-likeness (QED) is 0.664. The Hall–Kier alpha value is -2.76. The predicted molar refractivity (Wildman–Crippen MR) is 121 cm³/mol. The minimum atomic E-state index is -0.126. The molecule has 1 atom stereocenters. The largest absolute Gasteiger partial charge is 0.496 e. The fourth-order valence-corrected chi connectivity index (χ4v) is 3.97. The highest BCUT2D eigenvalue weighted by Crippen LogP contribution is 2.32. The highest BCUT2D eigenvalue weighted by molar-refractivity contribution is 5.91. The molecule has 1 aromatic carbocycles. The van der Waals surface area contributed by atoms with Crippen LogP contribution in [0.5, 0.6) is 5.75 Å². The van der Waals surface area contributed by atoms with Gasteiger partial charge in [-0.2, -0.15) is 0 Å². The molecule has 31 heavy (non-hydrogen) atoms. The van der Waals surface area contributed by atoms with Crippen molar-refractivity contribution in [2.24, 2.45) is 0 Å². The van der Waals surface area contributed by atoms with Crippen molar-refractivity contribution in [2.75, 3.05) is 27.2 Å². The summed E-state index contributed by atoms with van der Waals surface area (Å²) < 4.78 is 11.5. The van der Waals surface area contributed by atoms with Gasteiger partial charge in [0.1, 0.15) is 11.5 Å². The van der Waals surface area contributed by atoms with Gasteiger partial charge in [-0.15, -0.1) is 0 Å². The van der Waals surface area contributed by atoms with E-state index in [0.29, 0.717) is 25.3 Å². The van der Waals surface area contributed by atoms with Crippen LogP contribution in [0.15, 0.2) is 34.7 Å². The zero-order valence-electron chi connectivity index (χ0n) is 19.5. The van der Waals surface area contributed by atoms with Crippen molar-refractivity contribution in [1.29, 1.82) is 0 Å². The third-order valence-corrected chi connectivity index (χ3v) is 6.68. The minimum absolute atomic E-state index is 0.0158. The normalized spacial score (nSPS) is 16.5. The molecule has 168 valence electrons. The Morgan fingerprint density at radius 3 is 2.65 bits per heavy atom. The average molecular weight is 427 g/mol. The SMILES string of the molecule is CCC(C)(C)c1ccc(OC)c(Cc2ccc(C(=O)N3CCC(N(C)C(C)=O)C3)o2)c1. The van der Waals surface area contributed by atoms with E-state index >= 15 is 0 Å². The Bertz CT molecular complexity index is 947. The third-order valence-electron chi connectivity index (χ3n) is 6.68. The molecule has 0 N–H and O–H groups in total. The molecule has 1 aliphatic heterocycles. The molecular weight excluding hydrogens is 392 g/mol. The van der Waals surface area contributed by atoms with Crippen LogP contribution in [0.3, 0.4) is 0 Å². The van der Waals surface area contributed by atoms with Crippen LogP contribution in [-0.4, -0.2) is 54.9 Å². The molecular formula is C25H34N2O4. The first-order valence-electron chi connectivity index (χ1n) is 10.9. The average Bonchev–Trinajstić information content (AvgIpc) is 3.42. The van der Waals surface area contributed by atoms with Crippen LogP contribution >= 0.6 is 0 Å². The molecule has 1 saturated heterocycles. The summed E-state index contributed by atoms with van der Waals surface area (Å²) in [5.41, 5.74) is 2.37. The Labute approximate surface area is 185 Å². The molecule has 1 aliphatic rings. The minimum Gasteiger partial charge on any atom is -0.496 e. The highest BCUT2D eigenvalue weighted by atomic mass is 16.5. The first-order chi connectivity index (χ1) is 14.7. The zero-order valence-corrected chi connectivity index (χ0v) is 19.5. The maximum atomic E-state index is 12.9. The Morgan fingerprint density at radius 2 is 2.00 bits per heavy atom. The molecule has 6 heteroatoms. The van der Waals surface area contributed by atoms with Gasteiger partial charge in [0.15, 0.2) is 5.76 Å². The summed E-state index contributed by atoms with van der Waals surface area (Å²) >= 11 is 0. The number of hydrogen-bond acceptors (Lipinski definition) is 4. The second kappa shape index (κ2) is 9.16. The fraction of sp³-hybridized carbons (Fsp3) is 0.520. The standard InChI is InChI=1S/C25H34N2O4/c1-7-25(3,4)19-8-10-22(30-6)18(14-19)15-21-9-11-23(31-21)24(29)27-13-12-20(16-27)26(5)17(2)28/h8-11,14,20H,7,12-13,15-16H2,1-6H3. The van der Waals surface area contributed by atoms with Crippen molar-refractivity contribution >= 4 is 11.8 Å². The lowest BCUT2D eigenvalue weighted by molar-refractivity contribution is -0.129. The van der Waals surface area contributed by atoms with Gasteiger partial charge in [0.2, 0.25) is 5.91 Å². The molecule has 2 amide bonds. The molecule has 1 unspecified atom stereocenters. The smallest absolute Gasteiger partial charge is 0.289 e. The monoisotopic (exact) mass is 426 g/mol. The van der Waals surface area contributed by atoms with E-state index in [4.69, 9.17) is 9.15 Å². The number of hydrogen-bond donors (Lipinski definition) is 0. The van der Waals surface area contributed by atoms with Crippen LogP contribution in [0.4, 0.5) is 0 Å². The van der Waals surface area contributed by atoms with Gasteiger partial charge in [-0.25, -0.2) is 0 Å². The maximum Gasteiger partial charge on any atom is 0.289 e. The lowest BCUT2D eigenvalue weighted by Crippen LogP contribution is -2.38. The van der Waals surface area contributed by atoms with E-state index in [1.807, 2.05) is 12.1 Å². The fourth-order valence-electron chi connectivity index (χ4n) is 3.97. The van der Waals surface area contributed by atoms with E-state index in [1.54, 1.807) is 36.9 Å². The second-order valence-corrected chi connectivity index (χ2v) is 9.03. The molecule has 6 nitrogen and oxygen atoms in total. The van der Waals surface area contributed by atoms with Crippen molar-refractivity contribution in [1.82, 2.24) is 9.80 Å². The van der Waals surface area contributed by atoms with E-state index in [9.17, 15) is 9.59 Å². The van der Waals surface area contributed by atoms with Crippen molar-refractivity contribution < 1.29 is 18.7 Å². The molecule has 0 aliphatic carbocycles. The Balaban J connectivity index is 1.74. The summed E-state index contributed by atoms with van der Waals surface area (Å²) in [6.45, 7) is 9.36. The summed E-state index contributed by atoms with van der Waals surface area (Å²) in [6, 6.07) is 9.96. The number of furan rings is 1. The van der Waals surface area contributed by atoms with Crippen molar-refractivity contribution in [3.05, 3.63) is 53.0 Å². The van der Waals surface area contributed by atoms with Crippen LogP contribution in [0.1, 0.15) is 68.0 Å². The number of likely N-dealkylation sites (N-methyl/N-ethyl adjacent to an activating group) is 1. The zero-order chi connectivity index (χ0) is 22.8. The van der Waals surface area contributed by atoms with E-state index in [2.05, 4.69) is 32.9 Å². The van der Waals surface area contributed by atoms with E-state index in [0.717, 1.165) is 29.9 Å². The molecule has 0 radical (unpaired) electrons. The number of likely N-dealkylation sites (tertiary alicyclic amines) is 1. The van der Waals surface area contributed by atoms with Gasteiger partial charge in [0, 0.05) is 39.0 Å². The molecule has 2 aromatic rings. The lowest BCUT2D eigenvalue weighted by Gasteiger charge is -2.24. The predicted octanol–water partition coefficient (Wildman–Crippen LogP) is 4.26. The molecule has 3 rings (SSSR count). The van der Waals surface area contributed by atoms with Gasteiger partial charge < -0.3 is 19.0 Å². The third kappa shape index (κ3) is 4.94. The molecule has 0 saturated carbocycles. The highest BCUT2D eigenvalue weighted by Gasteiger charge is 2.31. The van der Waals surface area contributed by atoms with E-state index in [1.165, 1.54) is 5.56 Å². The topological polar surface area (TPSA) is 63.0 Å². The molecule has 1 fully saturated rings. The summed E-state index contributed by atoms with van der Waals surface area (Å²) in [4.78, 5) is 28.0. The van der Waals surface area contributed by atoms with Crippen LogP contribution < -0.4 is 4.74 Å². The number of amides is 2. The number of benzene rings is 1. The van der Waals surface area contributed by atoms with Gasteiger partial charge in [-0.1, -0.05) is 32.9 Å². The number of methoxy groups -OCH3 is 1. The molecule has 1 aromatic heterocycles. The first kappa shape index (κ1) is 22.9. The van der Waals surface area contributed by atoms with Gasteiger partial charge in [-0.3, -0.25) is 9.59 Å². The van der Waals surface area contributed by atoms with Crippen molar-refractivity contribution in [3.8, 4) is 5.75 Å². The van der Waals surface area contributed by atoms with E-state index in [-0.39, 0.29) is 23.3 Å². The number of nitrogens with zero attached hydrogens (tertiary/aromatic N) is 2. The Kier molecular flexibility index (Phi) is 6.77. The second-order valence-electron chi connectivity index (χ2n) is 9.03. The van der Waals surface area contributed by atoms with Crippen LogP contribution in [0.25, 0.3) is 0 Å². The van der Waals surface area contributed by atoms with Gasteiger partial charge in [0.25, 0.3) is 5.91 Å². The number of carbonyl (C=O) groups is 2. The van der Waals surface area contributed by atoms with E-state index < -0.39 is 0 Å². The van der Waals surface area contributed by atoms with Crippen LogP contribution in [0.2, 0.25) is 0 Å². The van der Waals surface area contributed by atoms with Crippen molar-refractivity contribution in [3.63, 3.8) is 0 Å². The number of ether oxygens (including phenoxy) is 1.